The summed E-state index contributed by atoms with van der Waals surface area (Å²) in [6.45, 7) is 4.15. The third kappa shape index (κ3) is 4.68. The fourth-order valence-electron chi connectivity index (χ4n) is 2.66. The van der Waals surface area contributed by atoms with E-state index < -0.39 is 15.6 Å². The first kappa shape index (κ1) is 16.9. The number of nitrogens with two attached hydrogens (primary N) is 1. The predicted molar refractivity (Wildman–Crippen MR) is 83.6 cm³/mol. The van der Waals surface area contributed by atoms with Gasteiger partial charge in [-0.2, -0.15) is 0 Å². The summed E-state index contributed by atoms with van der Waals surface area (Å²) < 4.78 is 27.0. The van der Waals surface area contributed by atoms with E-state index in [1.165, 1.54) is 0 Å². The fourth-order valence-corrected chi connectivity index (χ4v) is 4.66. The van der Waals surface area contributed by atoms with Gasteiger partial charge >= 0.3 is 0 Å². The Morgan fingerprint density at radius 2 is 1.95 bits per heavy atom. The van der Waals surface area contributed by atoms with Gasteiger partial charge in [0.2, 0.25) is 10.0 Å². The van der Waals surface area contributed by atoms with Crippen LogP contribution >= 0.6 is 12.2 Å². The van der Waals surface area contributed by atoms with Crippen LogP contribution in [0.1, 0.15) is 58.8 Å². The topological polar surface area (TPSA) is 72.2 Å². The van der Waals surface area contributed by atoms with Crippen molar-refractivity contribution >= 4 is 27.2 Å². The summed E-state index contributed by atoms with van der Waals surface area (Å²) in [5, 5.41) is 0. The normalized spacial score (nSPS) is 28.2. The predicted octanol–water partition coefficient (Wildman–Crippen LogP) is 2.33. The van der Waals surface area contributed by atoms with Gasteiger partial charge in [-0.15, -0.1) is 0 Å². The SMILES string of the molecule is CCCCS(=O)(=O)NC1(C(N)=S)CCC(CC)CC1. The van der Waals surface area contributed by atoms with Crippen molar-refractivity contribution in [3.05, 3.63) is 0 Å². The van der Waals surface area contributed by atoms with Crippen LogP contribution in [-0.2, 0) is 10.0 Å². The Hall–Kier alpha value is -0.200. The number of unbranched alkanes of at least 4 members (excludes halogenated alkanes) is 1. The molecule has 6 heteroatoms. The molecule has 0 unspecified atom stereocenters. The lowest BCUT2D eigenvalue weighted by molar-refractivity contribution is 0.269. The van der Waals surface area contributed by atoms with Gasteiger partial charge in [0.25, 0.3) is 0 Å². The number of sulfonamides is 1. The first-order chi connectivity index (χ1) is 8.85. The monoisotopic (exact) mass is 306 g/mol. The van der Waals surface area contributed by atoms with E-state index in [1.807, 2.05) is 6.92 Å². The molecule has 1 aliphatic rings. The van der Waals surface area contributed by atoms with Gasteiger partial charge in [0.05, 0.1) is 16.3 Å². The Balaban J connectivity index is 2.76. The van der Waals surface area contributed by atoms with Crippen molar-refractivity contribution < 1.29 is 8.42 Å². The molecule has 1 rings (SSSR count). The van der Waals surface area contributed by atoms with Crippen LogP contribution in [0.2, 0.25) is 0 Å². The summed E-state index contributed by atoms with van der Waals surface area (Å²) in [5.74, 6) is 0.827. The van der Waals surface area contributed by atoms with E-state index in [0.717, 1.165) is 38.5 Å². The van der Waals surface area contributed by atoms with Gasteiger partial charge in [-0.05, 0) is 38.0 Å². The molecule has 0 radical (unpaired) electrons. The molecule has 1 aliphatic carbocycles. The Labute approximate surface area is 122 Å². The van der Waals surface area contributed by atoms with E-state index in [0.29, 0.717) is 17.3 Å². The van der Waals surface area contributed by atoms with Crippen LogP contribution in [0.3, 0.4) is 0 Å². The minimum absolute atomic E-state index is 0.158. The molecular weight excluding hydrogens is 280 g/mol. The Morgan fingerprint density at radius 1 is 1.37 bits per heavy atom. The van der Waals surface area contributed by atoms with Gasteiger partial charge in [0.1, 0.15) is 0 Å². The number of hydrogen-bond donors (Lipinski definition) is 2. The summed E-state index contributed by atoms with van der Waals surface area (Å²) in [7, 11) is -3.29. The molecular formula is C13H26N2O2S2. The average Bonchev–Trinajstić information content (AvgIpc) is 2.36. The molecule has 0 heterocycles. The summed E-state index contributed by atoms with van der Waals surface area (Å²) >= 11 is 5.13. The van der Waals surface area contributed by atoms with E-state index in [-0.39, 0.29) is 5.75 Å². The van der Waals surface area contributed by atoms with Gasteiger partial charge in [0, 0.05) is 0 Å². The molecule has 19 heavy (non-hydrogen) atoms. The summed E-state index contributed by atoms with van der Waals surface area (Å²) in [6, 6.07) is 0. The molecule has 0 bridgehead atoms. The maximum Gasteiger partial charge on any atom is 0.212 e. The van der Waals surface area contributed by atoms with Gasteiger partial charge in [0.15, 0.2) is 0 Å². The largest absolute Gasteiger partial charge is 0.392 e. The summed E-state index contributed by atoms with van der Waals surface area (Å²) in [5.41, 5.74) is 5.14. The van der Waals surface area contributed by atoms with Crippen molar-refractivity contribution in [1.29, 1.82) is 0 Å². The molecule has 0 amide bonds. The molecule has 0 aliphatic heterocycles. The lowest BCUT2D eigenvalue weighted by Crippen LogP contribution is -2.58. The van der Waals surface area contributed by atoms with Crippen molar-refractivity contribution in [2.75, 3.05) is 5.75 Å². The van der Waals surface area contributed by atoms with E-state index in [9.17, 15) is 8.42 Å². The molecule has 0 saturated heterocycles. The maximum absolute atomic E-state index is 12.1. The smallest absolute Gasteiger partial charge is 0.212 e. The third-order valence-corrected chi connectivity index (χ3v) is 6.04. The average molecular weight is 306 g/mol. The fraction of sp³-hybridized carbons (Fsp3) is 0.923. The van der Waals surface area contributed by atoms with Crippen LogP contribution < -0.4 is 10.5 Å². The Morgan fingerprint density at radius 3 is 2.37 bits per heavy atom. The van der Waals surface area contributed by atoms with Crippen LogP contribution in [-0.4, -0.2) is 24.7 Å². The van der Waals surface area contributed by atoms with Crippen molar-refractivity contribution in [1.82, 2.24) is 4.72 Å². The Kier molecular flexibility index (Phi) is 6.20. The standard InChI is InChI=1S/C13H26N2O2S2/c1-3-5-10-19(16,17)15-13(12(14)18)8-6-11(4-2)7-9-13/h11,15H,3-10H2,1-2H3,(H2,14,18). The molecule has 1 saturated carbocycles. The van der Waals surface area contributed by atoms with Crippen molar-refractivity contribution in [2.45, 2.75) is 64.3 Å². The molecule has 0 atom stereocenters. The van der Waals surface area contributed by atoms with Gasteiger partial charge < -0.3 is 5.73 Å². The van der Waals surface area contributed by atoms with Crippen molar-refractivity contribution in [3.63, 3.8) is 0 Å². The highest BCUT2D eigenvalue weighted by atomic mass is 32.2. The Bertz CT molecular complexity index is 399. The summed E-state index contributed by atoms with van der Waals surface area (Å²) in [4.78, 5) is 0.294. The zero-order valence-corrected chi connectivity index (χ0v) is 13.6. The number of hydrogen-bond acceptors (Lipinski definition) is 3. The number of thiocarbonyl (C=S) groups is 1. The zero-order chi connectivity index (χ0) is 14.5. The van der Waals surface area contributed by atoms with Crippen LogP contribution in [0.4, 0.5) is 0 Å². The highest BCUT2D eigenvalue weighted by molar-refractivity contribution is 7.89. The number of rotatable bonds is 7. The molecule has 0 aromatic carbocycles. The highest BCUT2D eigenvalue weighted by Crippen LogP contribution is 2.34. The zero-order valence-electron chi connectivity index (χ0n) is 11.9. The number of nitrogens with one attached hydrogen (secondary N) is 1. The van der Waals surface area contributed by atoms with E-state index >= 15 is 0 Å². The second kappa shape index (κ2) is 6.99. The van der Waals surface area contributed by atoms with Crippen LogP contribution in [0.5, 0.6) is 0 Å². The molecule has 1 fully saturated rings. The first-order valence-corrected chi connectivity index (χ1v) is 9.23. The van der Waals surface area contributed by atoms with Crippen molar-refractivity contribution in [3.8, 4) is 0 Å². The quantitative estimate of drug-likeness (QED) is 0.708. The van der Waals surface area contributed by atoms with Crippen molar-refractivity contribution in [2.24, 2.45) is 11.7 Å². The molecule has 0 aromatic heterocycles. The minimum atomic E-state index is -3.29. The maximum atomic E-state index is 12.1. The minimum Gasteiger partial charge on any atom is -0.392 e. The second-order valence-electron chi connectivity index (χ2n) is 5.57. The molecule has 3 N–H and O–H groups in total. The van der Waals surface area contributed by atoms with E-state index in [4.69, 9.17) is 18.0 Å². The molecule has 112 valence electrons. The van der Waals surface area contributed by atoms with Crippen LogP contribution in [0.15, 0.2) is 0 Å². The van der Waals surface area contributed by atoms with Crippen LogP contribution in [0, 0.1) is 5.92 Å². The summed E-state index contributed by atoms with van der Waals surface area (Å²) in [6.07, 6.45) is 6.10. The lowest BCUT2D eigenvalue weighted by Gasteiger charge is -2.39. The van der Waals surface area contributed by atoms with E-state index in [1.54, 1.807) is 0 Å². The van der Waals surface area contributed by atoms with Gasteiger partial charge in [-0.1, -0.05) is 38.9 Å². The lowest BCUT2D eigenvalue weighted by atomic mass is 9.76. The van der Waals surface area contributed by atoms with Gasteiger partial charge in [-0.25, -0.2) is 13.1 Å². The molecule has 4 nitrogen and oxygen atoms in total. The van der Waals surface area contributed by atoms with Crippen LogP contribution in [0.25, 0.3) is 0 Å². The van der Waals surface area contributed by atoms with Gasteiger partial charge in [-0.3, -0.25) is 0 Å². The van der Waals surface area contributed by atoms with E-state index in [2.05, 4.69) is 11.6 Å². The second-order valence-corrected chi connectivity index (χ2v) is 7.85. The third-order valence-electron chi connectivity index (χ3n) is 4.13. The first-order valence-electron chi connectivity index (χ1n) is 7.16. The highest BCUT2D eigenvalue weighted by Gasteiger charge is 2.40. The molecule has 0 spiro atoms. The molecule has 0 aromatic rings.